The Morgan fingerprint density at radius 3 is 1.72 bits per heavy atom. The molecule has 0 spiro atoms. The molecule has 0 aliphatic rings. The van der Waals surface area contributed by atoms with Gasteiger partial charge in [-0.25, -0.2) is 9.97 Å². The molecule has 9 aromatic rings. The number of benzene rings is 5. The van der Waals surface area contributed by atoms with E-state index >= 15 is 0 Å². The maximum atomic E-state index is 6.25. The molecule has 0 unspecified atom stereocenters. The van der Waals surface area contributed by atoms with Crippen LogP contribution in [0.15, 0.2) is 149 Å². The van der Waals surface area contributed by atoms with Crippen LogP contribution in [0.1, 0.15) is 0 Å². The predicted octanol–water partition coefficient (Wildman–Crippen LogP) is 10.6. The molecule has 0 saturated carbocycles. The van der Waals surface area contributed by atoms with Crippen molar-refractivity contribution in [3.8, 4) is 11.1 Å². The van der Waals surface area contributed by atoms with Crippen molar-refractivity contribution in [2.75, 3.05) is 4.90 Å². The third-order valence-corrected chi connectivity index (χ3v) is 8.17. The molecule has 4 aromatic heterocycles. The highest BCUT2D eigenvalue weighted by Gasteiger charge is 2.24. The van der Waals surface area contributed by atoms with E-state index in [1.807, 2.05) is 36.4 Å². The largest absolute Gasteiger partial charge is 0.438 e. The van der Waals surface area contributed by atoms with Gasteiger partial charge in [-0.2, -0.15) is 0 Å². The number of anilines is 3. The van der Waals surface area contributed by atoms with Gasteiger partial charge < -0.3 is 13.7 Å². The average Bonchev–Trinajstić information content (AvgIpc) is 3.64. The molecule has 5 aromatic carbocycles. The standard InChI is InChI=1S/C38H23N3O2/c1-2-10-24(11-3-1)30-23-26(22-25-12-4-5-13-27(25)30)41(31-16-6-18-33-35(31)28-14-8-20-39-37(28)42-33)32-17-7-19-34-36(32)29-15-9-21-40-38(29)43-34/h1-23H. The van der Waals surface area contributed by atoms with Crippen molar-refractivity contribution in [2.45, 2.75) is 0 Å². The van der Waals surface area contributed by atoms with Gasteiger partial charge in [0.25, 0.3) is 0 Å². The molecule has 5 heteroatoms. The molecule has 43 heavy (non-hydrogen) atoms. The van der Waals surface area contributed by atoms with E-state index in [9.17, 15) is 0 Å². The van der Waals surface area contributed by atoms with Gasteiger partial charge in [-0.05, 0) is 82.6 Å². The molecule has 0 aliphatic heterocycles. The molecule has 0 aliphatic carbocycles. The van der Waals surface area contributed by atoms with Crippen LogP contribution in [-0.2, 0) is 0 Å². The van der Waals surface area contributed by atoms with Crippen LogP contribution in [0.4, 0.5) is 17.1 Å². The zero-order chi connectivity index (χ0) is 28.3. The van der Waals surface area contributed by atoms with Crippen molar-refractivity contribution in [1.29, 1.82) is 0 Å². The van der Waals surface area contributed by atoms with Gasteiger partial charge in [-0.1, -0.05) is 66.7 Å². The summed E-state index contributed by atoms with van der Waals surface area (Å²) in [5, 5.41) is 6.29. The molecule has 202 valence electrons. The summed E-state index contributed by atoms with van der Waals surface area (Å²) in [7, 11) is 0. The number of pyridine rings is 2. The fraction of sp³-hybridized carbons (Fsp3) is 0. The molecule has 0 fully saturated rings. The van der Waals surface area contributed by atoms with Crippen molar-refractivity contribution < 1.29 is 8.83 Å². The summed E-state index contributed by atoms with van der Waals surface area (Å²) in [6.45, 7) is 0. The van der Waals surface area contributed by atoms with Gasteiger partial charge in [0.2, 0.25) is 11.4 Å². The quantitative estimate of drug-likeness (QED) is 0.217. The summed E-state index contributed by atoms with van der Waals surface area (Å²) in [5.74, 6) is 0. The fourth-order valence-corrected chi connectivity index (χ4v) is 6.34. The Morgan fingerprint density at radius 1 is 0.488 bits per heavy atom. The minimum absolute atomic E-state index is 0.615. The Kier molecular flexibility index (Phi) is 5.13. The third-order valence-electron chi connectivity index (χ3n) is 8.17. The summed E-state index contributed by atoms with van der Waals surface area (Å²) in [6.07, 6.45) is 3.53. The van der Waals surface area contributed by atoms with E-state index in [1.165, 1.54) is 5.39 Å². The molecule has 0 N–H and O–H groups in total. The SMILES string of the molecule is c1ccc(-c2cc(N(c3cccc4oc5ncccc5c34)c3cccc4oc5ncccc5c34)cc3ccccc23)cc1. The van der Waals surface area contributed by atoms with E-state index in [1.54, 1.807) is 12.4 Å². The summed E-state index contributed by atoms with van der Waals surface area (Å²) < 4.78 is 12.5. The van der Waals surface area contributed by atoms with E-state index in [2.05, 4.69) is 106 Å². The van der Waals surface area contributed by atoms with Crippen LogP contribution >= 0.6 is 0 Å². The van der Waals surface area contributed by atoms with Crippen LogP contribution in [0.5, 0.6) is 0 Å². The molecule has 0 saturated heterocycles. The monoisotopic (exact) mass is 553 g/mol. The maximum absolute atomic E-state index is 6.25. The first kappa shape index (κ1) is 23.7. The highest BCUT2D eigenvalue weighted by molar-refractivity contribution is 6.17. The van der Waals surface area contributed by atoms with E-state index in [0.29, 0.717) is 11.4 Å². The van der Waals surface area contributed by atoms with Gasteiger partial charge in [0.1, 0.15) is 11.2 Å². The van der Waals surface area contributed by atoms with Crippen LogP contribution in [0.3, 0.4) is 0 Å². The van der Waals surface area contributed by atoms with E-state index < -0.39 is 0 Å². The first-order valence-electron chi connectivity index (χ1n) is 14.2. The van der Waals surface area contributed by atoms with Gasteiger partial charge in [-0.3, -0.25) is 0 Å². The second-order valence-corrected chi connectivity index (χ2v) is 10.6. The fourth-order valence-electron chi connectivity index (χ4n) is 6.34. The highest BCUT2D eigenvalue weighted by Crippen LogP contribution is 2.48. The van der Waals surface area contributed by atoms with Crippen LogP contribution in [0.2, 0.25) is 0 Å². The van der Waals surface area contributed by atoms with Crippen LogP contribution < -0.4 is 4.90 Å². The molecule has 9 rings (SSSR count). The number of rotatable bonds is 4. The number of nitrogens with zero attached hydrogens (tertiary/aromatic N) is 3. The lowest BCUT2D eigenvalue weighted by Gasteiger charge is -2.28. The molecule has 4 heterocycles. The molecular formula is C38H23N3O2. The van der Waals surface area contributed by atoms with Gasteiger partial charge in [0.05, 0.1) is 32.9 Å². The van der Waals surface area contributed by atoms with E-state index in [-0.39, 0.29) is 0 Å². The first-order valence-corrected chi connectivity index (χ1v) is 14.2. The minimum atomic E-state index is 0.615. The number of aromatic nitrogens is 2. The highest BCUT2D eigenvalue weighted by atomic mass is 16.3. The Balaban J connectivity index is 1.43. The molecule has 0 radical (unpaired) electrons. The van der Waals surface area contributed by atoms with E-state index in [0.717, 1.165) is 66.3 Å². The molecular weight excluding hydrogens is 530 g/mol. The lowest BCUT2D eigenvalue weighted by Crippen LogP contribution is -2.11. The number of hydrogen-bond acceptors (Lipinski definition) is 5. The van der Waals surface area contributed by atoms with E-state index in [4.69, 9.17) is 8.83 Å². The Bertz CT molecular complexity index is 2360. The zero-order valence-electron chi connectivity index (χ0n) is 22.9. The van der Waals surface area contributed by atoms with Crippen LogP contribution in [-0.4, -0.2) is 9.97 Å². The molecule has 0 bridgehead atoms. The second kappa shape index (κ2) is 9.29. The predicted molar refractivity (Wildman–Crippen MR) is 174 cm³/mol. The van der Waals surface area contributed by atoms with Crippen molar-refractivity contribution >= 4 is 72.0 Å². The number of fused-ring (bicyclic) bond motifs is 7. The Labute approximate surface area is 246 Å². The maximum Gasteiger partial charge on any atom is 0.227 e. The summed E-state index contributed by atoms with van der Waals surface area (Å²) in [6, 6.07) is 44.2. The number of hydrogen-bond donors (Lipinski definition) is 0. The molecule has 5 nitrogen and oxygen atoms in total. The lowest BCUT2D eigenvalue weighted by molar-refractivity contribution is 0.654. The lowest BCUT2D eigenvalue weighted by atomic mass is 9.96. The van der Waals surface area contributed by atoms with Crippen molar-refractivity contribution in [2.24, 2.45) is 0 Å². The summed E-state index contributed by atoms with van der Waals surface area (Å²) in [4.78, 5) is 11.4. The molecule has 0 amide bonds. The topological polar surface area (TPSA) is 55.3 Å². The minimum Gasteiger partial charge on any atom is -0.438 e. The normalized spacial score (nSPS) is 11.7. The van der Waals surface area contributed by atoms with Gasteiger partial charge in [0, 0.05) is 18.1 Å². The smallest absolute Gasteiger partial charge is 0.227 e. The van der Waals surface area contributed by atoms with Crippen LogP contribution in [0, 0.1) is 0 Å². The summed E-state index contributed by atoms with van der Waals surface area (Å²) in [5.41, 5.74) is 8.12. The van der Waals surface area contributed by atoms with Gasteiger partial charge in [0.15, 0.2) is 0 Å². The van der Waals surface area contributed by atoms with Gasteiger partial charge >= 0.3 is 0 Å². The second-order valence-electron chi connectivity index (χ2n) is 10.6. The van der Waals surface area contributed by atoms with Crippen LogP contribution in [0.25, 0.3) is 66.0 Å². The molecule has 0 atom stereocenters. The Morgan fingerprint density at radius 2 is 1.07 bits per heavy atom. The summed E-state index contributed by atoms with van der Waals surface area (Å²) >= 11 is 0. The van der Waals surface area contributed by atoms with Crippen molar-refractivity contribution in [1.82, 2.24) is 9.97 Å². The first-order chi connectivity index (χ1) is 21.3. The van der Waals surface area contributed by atoms with Crippen molar-refractivity contribution in [3.63, 3.8) is 0 Å². The number of furan rings is 2. The average molecular weight is 554 g/mol. The Hall–Kier alpha value is -5.94. The van der Waals surface area contributed by atoms with Gasteiger partial charge in [-0.15, -0.1) is 0 Å². The third kappa shape index (κ3) is 3.65. The van der Waals surface area contributed by atoms with Crippen molar-refractivity contribution in [3.05, 3.63) is 140 Å². The zero-order valence-corrected chi connectivity index (χ0v) is 22.9.